The van der Waals surface area contributed by atoms with Crippen LogP contribution in [0.1, 0.15) is 19.8 Å². The second kappa shape index (κ2) is 6.78. The molecule has 148 valence electrons. The first kappa shape index (κ1) is 17.4. The summed E-state index contributed by atoms with van der Waals surface area (Å²) < 4.78 is 7.96. The van der Waals surface area contributed by atoms with Gasteiger partial charge in [-0.15, -0.1) is 0 Å². The van der Waals surface area contributed by atoms with Crippen LogP contribution in [0.25, 0.3) is 33.3 Å². The minimum atomic E-state index is 0.339. The van der Waals surface area contributed by atoms with Crippen LogP contribution in [0.3, 0.4) is 0 Å². The van der Waals surface area contributed by atoms with Crippen molar-refractivity contribution in [1.29, 1.82) is 0 Å². The number of aromatic amines is 1. The maximum Gasteiger partial charge on any atom is 0.152 e. The molecule has 0 radical (unpaired) electrons. The van der Waals surface area contributed by atoms with Gasteiger partial charge in [-0.05, 0) is 56.0 Å². The van der Waals surface area contributed by atoms with Gasteiger partial charge in [-0.3, -0.25) is 3.97 Å². The molecule has 1 aliphatic carbocycles. The zero-order chi connectivity index (χ0) is 19.4. The Morgan fingerprint density at radius 3 is 3.00 bits per heavy atom. The molecule has 0 bridgehead atoms. The van der Waals surface area contributed by atoms with Crippen molar-refractivity contribution in [2.45, 2.75) is 31.1 Å². The van der Waals surface area contributed by atoms with E-state index in [0.717, 1.165) is 52.9 Å². The molecule has 2 aliphatic rings. The average molecular weight is 406 g/mol. The number of H-pyrrole nitrogens is 1. The van der Waals surface area contributed by atoms with Crippen LogP contribution >= 0.6 is 11.9 Å². The van der Waals surface area contributed by atoms with Gasteiger partial charge in [0.2, 0.25) is 0 Å². The van der Waals surface area contributed by atoms with Gasteiger partial charge in [0.1, 0.15) is 5.65 Å². The number of hydrogen-bond donors (Lipinski definition) is 1. The van der Waals surface area contributed by atoms with Gasteiger partial charge in [0.15, 0.2) is 5.65 Å². The fourth-order valence-corrected chi connectivity index (χ4v) is 5.17. The van der Waals surface area contributed by atoms with E-state index in [0.29, 0.717) is 6.04 Å². The lowest BCUT2D eigenvalue weighted by Gasteiger charge is -2.35. The number of fused-ring (bicyclic) bond motifs is 2. The molecule has 1 unspecified atom stereocenters. The minimum Gasteiger partial charge on any atom is -0.377 e. The number of ether oxygens (including phenoxy) is 1. The highest BCUT2D eigenvalue weighted by atomic mass is 32.2. The van der Waals surface area contributed by atoms with E-state index in [2.05, 4.69) is 56.2 Å². The summed E-state index contributed by atoms with van der Waals surface area (Å²) in [6.45, 7) is 4.65. The summed E-state index contributed by atoms with van der Waals surface area (Å²) in [4.78, 5) is 15.3. The summed E-state index contributed by atoms with van der Waals surface area (Å²) in [6, 6.07) is 8.96. The number of morpholine rings is 1. The molecular formula is C22H23N5OS. The molecule has 1 saturated heterocycles. The van der Waals surface area contributed by atoms with Gasteiger partial charge in [-0.25, -0.2) is 9.97 Å². The Hall–Kier alpha value is -2.51. The smallest absolute Gasteiger partial charge is 0.152 e. The van der Waals surface area contributed by atoms with Gasteiger partial charge in [-0.1, -0.05) is 0 Å². The third-order valence-electron chi connectivity index (χ3n) is 5.80. The predicted molar refractivity (Wildman–Crippen MR) is 118 cm³/mol. The second-order valence-electron chi connectivity index (χ2n) is 7.93. The van der Waals surface area contributed by atoms with Crippen molar-refractivity contribution in [1.82, 2.24) is 18.9 Å². The van der Waals surface area contributed by atoms with Crippen LogP contribution in [0.4, 0.5) is 5.69 Å². The van der Waals surface area contributed by atoms with Crippen LogP contribution < -0.4 is 4.90 Å². The van der Waals surface area contributed by atoms with Gasteiger partial charge >= 0.3 is 0 Å². The first-order chi connectivity index (χ1) is 14.3. The Bertz CT molecular complexity index is 1190. The zero-order valence-corrected chi connectivity index (χ0v) is 17.2. The van der Waals surface area contributed by atoms with Crippen molar-refractivity contribution in [3.05, 3.63) is 42.9 Å². The molecule has 0 amide bonds. The van der Waals surface area contributed by atoms with Crippen molar-refractivity contribution in [3.63, 3.8) is 0 Å². The van der Waals surface area contributed by atoms with E-state index in [4.69, 9.17) is 9.72 Å². The van der Waals surface area contributed by atoms with Crippen molar-refractivity contribution in [3.8, 4) is 11.3 Å². The lowest BCUT2D eigenvalue weighted by Crippen LogP contribution is -2.43. The van der Waals surface area contributed by atoms with Crippen LogP contribution in [0.15, 0.2) is 42.9 Å². The molecule has 1 aliphatic heterocycles. The molecule has 2 fully saturated rings. The van der Waals surface area contributed by atoms with E-state index in [-0.39, 0.29) is 0 Å². The number of nitrogens with one attached hydrogen (secondary N) is 1. The summed E-state index contributed by atoms with van der Waals surface area (Å²) in [5.74, 6) is 0. The maximum absolute atomic E-state index is 5.69. The lowest BCUT2D eigenvalue weighted by molar-refractivity contribution is 0.0991. The highest BCUT2D eigenvalue weighted by Gasteiger charge is 2.27. The third kappa shape index (κ3) is 3.00. The van der Waals surface area contributed by atoms with Crippen molar-refractivity contribution in [2.75, 3.05) is 24.7 Å². The van der Waals surface area contributed by atoms with Gasteiger partial charge in [0, 0.05) is 52.8 Å². The van der Waals surface area contributed by atoms with Crippen molar-refractivity contribution >= 4 is 39.7 Å². The van der Waals surface area contributed by atoms with Gasteiger partial charge < -0.3 is 14.6 Å². The Kier molecular flexibility index (Phi) is 4.06. The molecule has 0 spiro atoms. The molecule has 7 heteroatoms. The Balaban J connectivity index is 1.57. The quantitative estimate of drug-likeness (QED) is 0.543. The Morgan fingerprint density at radius 2 is 2.14 bits per heavy atom. The SMILES string of the molecule is CC1COCCN1c1cc(-c2ccnc3[nH]ccc23)nc2c1ccn2SC1CC1. The number of anilines is 1. The molecular weight excluding hydrogens is 382 g/mol. The number of nitrogens with zero attached hydrogens (tertiary/aromatic N) is 4. The molecule has 1 N–H and O–H groups in total. The molecule has 1 saturated carbocycles. The van der Waals surface area contributed by atoms with E-state index in [1.165, 1.54) is 23.9 Å². The van der Waals surface area contributed by atoms with Crippen molar-refractivity contribution in [2.24, 2.45) is 0 Å². The van der Waals surface area contributed by atoms with E-state index < -0.39 is 0 Å². The fraction of sp³-hybridized carbons (Fsp3) is 0.364. The molecule has 1 atom stereocenters. The molecule has 5 heterocycles. The van der Waals surface area contributed by atoms with E-state index in [1.807, 2.05) is 24.3 Å². The molecule has 6 nitrogen and oxygen atoms in total. The summed E-state index contributed by atoms with van der Waals surface area (Å²) in [5.41, 5.74) is 5.30. The Labute approximate surface area is 173 Å². The van der Waals surface area contributed by atoms with Crippen LogP contribution in [-0.4, -0.2) is 50.0 Å². The monoisotopic (exact) mass is 405 g/mol. The molecule has 6 rings (SSSR count). The maximum atomic E-state index is 5.69. The number of hydrogen-bond acceptors (Lipinski definition) is 5. The normalized spacial score (nSPS) is 20.0. The summed E-state index contributed by atoms with van der Waals surface area (Å²) in [5, 5.41) is 3.04. The van der Waals surface area contributed by atoms with Gasteiger partial charge in [0.05, 0.1) is 24.6 Å². The predicted octanol–water partition coefficient (Wildman–Crippen LogP) is 4.46. The number of pyridine rings is 2. The standard InChI is InChI=1S/C22H23N5OS/c1-14-13-28-11-10-26(14)20-12-19(16-4-7-23-21-17(16)5-8-24-21)25-22-18(20)6-9-27(22)29-15-2-3-15/h4-9,12,14-15H,2-3,10-11,13H2,1H3,(H,23,24). The minimum absolute atomic E-state index is 0.339. The van der Waals surface area contributed by atoms with E-state index in [1.54, 1.807) is 0 Å². The average Bonchev–Trinajstić information content (AvgIpc) is 3.27. The van der Waals surface area contributed by atoms with Crippen LogP contribution in [0.2, 0.25) is 0 Å². The number of aromatic nitrogens is 4. The molecule has 29 heavy (non-hydrogen) atoms. The highest BCUT2D eigenvalue weighted by Crippen LogP contribution is 2.40. The van der Waals surface area contributed by atoms with Gasteiger partial charge in [-0.2, -0.15) is 0 Å². The first-order valence-corrected chi connectivity index (χ1v) is 11.1. The van der Waals surface area contributed by atoms with E-state index >= 15 is 0 Å². The first-order valence-electron chi connectivity index (χ1n) is 10.2. The zero-order valence-electron chi connectivity index (χ0n) is 16.3. The van der Waals surface area contributed by atoms with Crippen LogP contribution in [-0.2, 0) is 4.74 Å². The largest absolute Gasteiger partial charge is 0.377 e. The summed E-state index contributed by atoms with van der Waals surface area (Å²) in [6.07, 6.45) is 8.57. The second-order valence-corrected chi connectivity index (χ2v) is 9.20. The third-order valence-corrected chi connectivity index (χ3v) is 7.09. The van der Waals surface area contributed by atoms with Gasteiger partial charge in [0.25, 0.3) is 0 Å². The summed E-state index contributed by atoms with van der Waals surface area (Å²) in [7, 11) is 0. The lowest BCUT2D eigenvalue weighted by atomic mass is 10.1. The van der Waals surface area contributed by atoms with Crippen LogP contribution in [0, 0.1) is 0 Å². The van der Waals surface area contributed by atoms with E-state index in [9.17, 15) is 0 Å². The topological polar surface area (TPSA) is 59.0 Å². The highest BCUT2D eigenvalue weighted by molar-refractivity contribution is 7.98. The molecule has 0 aromatic carbocycles. The van der Waals surface area contributed by atoms with Crippen LogP contribution in [0.5, 0.6) is 0 Å². The fourth-order valence-electron chi connectivity index (χ4n) is 4.13. The Morgan fingerprint density at radius 1 is 1.21 bits per heavy atom. The molecule has 4 aromatic rings. The molecule has 4 aromatic heterocycles. The van der Waals surface area contributed by atoms with Crippen molar-refractivity contribution < 1.29 is 4.74 Å². The summed E-state index contributed by atoms with van der Waals surface area (Å²) >= 11 is 1.90. The number of rotatable bonds is 4.